The third kappa shape index (κ3) is 4.85. The van der Waals surface area contributed by atoms with Crippen LogP contribution in [0.2, 0.25) is 0 Å². The molecule has 2 N–H and O–H groups in total. The third-order valence-electron chi connectivity index (χ3n) is 4.63. The number of benzene rings is 3. The van der Waals surface area contributed by atoms with Gasteiger partial charge in [-0.3, -0.25) is 4.79 Å². The summed E-state index contributed by atoms with van der Waals surface area (Å²) < 4.78 is 27.7. The molecule has 1 amide bonds. The first-order valence-electron chi connectivity index (χ1n) is 9.02. The number of carboxylic acid groups (broad SMARTS) is 1. The molecule has 0 saturated heterocycles. The lowest BCUT2D eigenvalue weighted by atomic mass is 9.85. The number of halogens is 2. The van der Waals surface area contributed by atoms with Crippen molar-refractivity contribution in [3.8, 4) is 0 Å². The van der Waals surface area contributed by atoms with Crippen LogP contribution in [0.5, 0.6) is 0 Å². The molecule has 0 aromatic heterocycles. The van der Waals surface area contributed by atoms with E-state index in [0.29, 0.717) is 11.1 Å². The van der Waals surface area contributed by atoms with Gasteiger partial charge >= 0.3 is 5.97 Å². The first-order valence-corrected chi connectivity index (χ1v) is 9.02. The van der Waals surface area contributed by atoms with E-state index in [4.69, 9.17) is 0 Å². The summed E-state index contributed by atoms with van der Waals surface area (Å²) in [5.74, 6) is -4.41. The smallest absolute Gasteiger partial charge is 0.327 e. The highest BCUT2D eigenvalue weighted by molar-refractivity contribution is 5.86. The molecule has 0 aliphatic heterocycles. The number of aliphatic carboxylic acids is 1. The van der Waals surface area contributed by atoms with Crippen LogP contribution in [0.4, 0.5) is 8.78 Å². The molecule has 0 fully saturated rings. The Bertz CT molecular complexity index is 934. The Balaban J connectivity index is 1.92. The van der Waals surface area contributed by atoms with Crippen LogP contribution in [0, 0.1) is 11.6 Å². The molecule has 0 heterocycles. The molecule has 0 radical (unpaired) electrons. The van der Waals surface area contributed by atoms with Crippen molar-refractivity contribution in [1.82, 2.24) is 5.32 Å². The largest absolute Gasteiger partial charge is 0.480 e. The summed E-state index contributed by atoms with van der Waals surface area (Å²) in [5, 5.41) is 12.3. The maximum Gasteiger partial charge on any atom is 0.327 e. The van der Waals surface area contributed by atoms with Crippen molar-refractivity contribution in [2.75, 3.05) is 0 Å². The summed E-state index contributed by atoms with van der Waals surface area (Å²) in [7, 11) is 0. The Labute approximate surface area is 166 Å². The molecule has 0 aliphatic carbocycles. The van der Waals surface area contributed by atoms with Crippen molar-refractivity contribution in [1.29, 1.82) is 0 Å². The predicted molar refractivity (Wildman–Crippen MR) is 104 cm³/mol. The quantitative estimate of drug-likeness (QED) is 0.638. The van der Waals surface area contributed by atoms with Gasteiger partial charge < -0.3 is 10.4 Å². The number of hydrogen-bond acceptors (Lipinski definition) is 2. The Morgan fingerprint density at radius 1 is 0.793 bits per heavy atom. The van der Waals surface area contributed by atoms with Crippen molar-refractivity contribution in [3.63, 3.8) is 0 Å². The summed E-state index contributed by atoms with van der Waals surface area (Å²) >= 11 is 0. The maximum atomic E-state index is 13.9. The molecule has 1 atom stereocenters. The Morgan fingerprint density at radius 2 is 1.28 bits per heavy atom. The fourth-order valence-corrected chi connectivity index (χ4v) is 3.27. The van der Waals surface area contributed by atoms with Crippen molar-refractivity contribution >= 4 is 11.9 Å². The molecule has 0 unspecified atom stereocenters. The van der Waals surface area contributed by atoms with E-state index in [-0.39, 0.29) is 0 Å². The number of carbonyl (C=O) groups excluding carboxylic acids is 1. The van der Waals surface area contributed by atoms with Gasteiger partial charge in [-0.05, 0) is 23.3 Å². The predicted octanol–water partition coefficient (Wildman–Crippen LogP) is 3.91. The molecule has 0 spiro atoms. The average molecular weight is 395 g/mol. The van der Waals surface area contributed by atoms with Gasteiger partial charge in [0.1, 0.15) is 17.7 Å². The van der Waals surface area contributed by atoms with E-state index in [0.717, 1.165) is 12.1 Å². The lowest BCUT2D eigenvalue weighted by molar-refractivity contribution is -0.142. The topological polar surface area (TPSA) is 66.4 Å². The zero-order valence-corrected chi connectivity index (χ0v) is 15.4. The lowest BCUT2D eigenvalue weighted by Gasteiger charge is -2.26. The number of hydrogen-bond donors (Lipinski definition) is 2. The molecular weight excluding hydrogens is 376 g/mol. The minimum absolute atomic E-state index is 0.398. The second kappa shape index (κ2) is 9.10. The molecule has 6 heteroatoms. The van der Waals surface area contributed by atoms with Crippen molar-refractivity contribution < 1.29 is 23.5 Å². The highest BCUT2D eigenvalue weighted by atomic mass is 19.1. The molecule has 3 aromatic rings. The number of amides is 1. The molecule has 0 saturated carbocycles. The highest BCUT2D eigenvalue weighted by Crippen LogP contribution is 2.28. The summed E-state index contributed by atoms with van der Waals surface area (Å²) in [6, 6.07) is 19.8. The van der Waals surface area contributed by atoms with Gasteiger partial charge in [0.2, 0.25) is 5.91 Å². The molecule has 148 valence electrons. The molecule has 29 heavy (non-hydrogen) atoms. The highest BCUT2D eigenvalue weighted by Gasteiger charge is 2.32. The average Bonchev–Trinajstić information content (AvgIpc) is 2.72. The minimum Gasteiger partial charge on any atom is -0.480 e. The van der Waals surface area contributed by atoms with E-state index in [1.165, 1.54) is 6.07 Å². The van der Waals surface area contributed by atoms with Gasteiger partial charge in [0, 0.05) is 11.5 Å². The van der Waals surface area contributed by atoms with Crippen LogP contribution in [-0.4, -0.2) is 23.0 Å². The van der Waals surface area contributed by atoms with E-state index in [1.54, 1.807) is 60.7 Å². The van der Waals surface area contributed by atoms with Crippen LogP contribution in [0.15, 0.2) is 78.9 Å². The first kappa shape index (κ1) is 20.2. The van der Waals surface area contributed by atoms with E-state index in [9.17, 15) is 23.5 Å². The minimum atomic E-state index is -1.32. The van der Waals surface area contributed by atoms with Crippen LogP contribution >= 0.6 is 0 Å². The standard InChI is InChI=1S/C23H19F2NO3/c24-18-12-7-13-19(25)17(18)14-20(27)26-22(23(28)29)21(15-8-3-1-4-9-15)16-10-5-2-6-11-16/h1-13,21-22H,14H2,(H,26,27)(H,28,29)/t22-/m1/s1. The van der Waals surface area contributed by atoms with Gasteiger partial charge in [-0.1, -0.05) is 66.7 Å². The van der Waals surface area contributed by atoms with Crippen molar-refractivity contribution in [2.24, 2.45) is 0 Å². The Hall–Kier alpha value is -3.54. The zero-order valence-electron chi connectivity index (χ0n) is 15.4. The van der Waals surface area contributed by atoms with Crippen molar-refractivity contribution in [3.05, 3.63) is 107 Å². The normalized spacial score (nSPS) is 11.8. The number of carboxylic acids is 1. The van der Waals surface area contributed by atoms with Crippen LogP contribution in [0.25, 0.3) is 0 Å². The van der Waals surface area contributed by atoms with Crippen LogP contribution in [0.1, 0.15) is 22.6 Å². The summed E-state index contributed by atoms with van der Waals surface area (Å²) in [5.41, 5.74) is 0.997. The van der Waals surface area contributed by atoms with Gasteiger partial charge in [-0.15, -0.1) is 0 Å². The van der Waals surface area contributed by atoms with Gasteiger partial charge in [-0.2, -0.15) is 0 Å². The zero-order chi connectivity index (χ0) is 20.8. The van der Waals surface area contributed by atoms with Gasteiger partial charge in [0.15, 0.2) is 0 Å². The molecular formula is C23H19F2NO3. The maximum absolute atomic E-state index is 13.9. The SMILES string of the molecule is O=C(Cc1c(F)cccc1F)N[C@@H](C(=O)O)C(c1ccccc1)c1ccccc1. The molecule has 0 bridgehead atoms. The second-order valence-electron chi connectivity index (χ2n) is 6.56. The number of nitrogens with one attached hydrogen (secondary N) is 1. The van der Waals surface area contributed by atoms with Crippen LogP contribution in [-0.2, 0) is 16.0 Å². The lowest BCUT2D eigenvalue weighted by Crippen LogP contribution is -2.46. The van der Waals surface area contributed by atoms with Gasteiger partial charge in [0.05, 0.1) is 6.42 Å². The molecule has 4 nitrogen and oxygen atoms in total. The van der Waals surface area contributed by atoms with E-state index < -0.39 is 47.5 Å². The van der Waals surface area contributed by atoms with Crippen LogP contribution < -0.4 is 5.32 Å². The number of carbonyl (C=O) groups is 2. The monoisotopic (exact) mass is 395 g/mol. The summed E-state index contributed by atoms with van der Waals surface area (Å²) in [6.45, 7) is 0. The van der Waals surface area contributed by atoms with Crippen LogP contribution in [0.3, 0.4) is 0 Å². The third-order valence-corrected chi connectivity index (χ3v) is 4.63. The van der Waals surface area contributed by atoms with E-state index >= 15 is 0 Å². The molecule has 3 rings (SSSR count). The van der Waals surface area contributed by atoms with Crippen molar-refractivity contribution in [2.45, 2.75) is 18.4 Å². The Kier molecular flexibility index (Phi) is 6.34. The summed E-state index contributed by atoms with van der Waals surface area (Å²) in [6.07, 6.45) is -0.599. The molecule has 0 aliphatic rings. The molecule has 3 aromatic carbocycles. The number of rotatable bonds is 7. The fraction of sp³-hybridized carbons (Fsp3) is 0.130. The Morgan fingerprint density at radius 3 is 1.72 bits per heavy atom. The second-order valence-corrected chi connectivity index (χ2v) is 6.56. The van der Waals surface area contributed by atoms with Gasteiger partial charge in [-0.25, -0.2) is 13.6 Å². The van der Waals surface area contributed by atoms with Gasteiger partial charge in [0.25, 0.3) is 0 Å². The van der Waals surface area contributed by atoms with E-state index in [1.807, 2.05) is 0 Å². The first-order chi connectivity index (χ1) is 14.0. The van der Waals surface area contributed by atoms with E-state index in [2.05, 4.69) is 5.32 Å². The fourth-order valence-electron chi connectivity index (χ4n) is 3.27. The summed E-state index contributed by atoms with van der Waals surface area (Å²) in [4.78, 5) is 24.5.